The van der Waals surface area contributed by atoms with Crippen molar-refractivity contribution < 1.29 is 9.66 Å². The number of nitrogens with one attached hydrogen (secondary N) is 1. The molecule has 0 aliphatic heterocycles. The van der Waals surface area contributed by atoms with E-state index in [2.05, 4.69) is 55.7 Å². The van der Waals surface area contributed by atoms with Crippen LogP contribution in [0.3, 0.4) is 0 Å². The van der Waals surface area contributed by atoms with Crippen molar-refractivity contribution in [2.75, 3.05) is 5.43 Å². The van der Waals surface area contributed by atoms with Crippen LogP contribution in [0, 0.1) is 10.1 Å². The molecule has 0 unspecified atom stereocenters. The van der Waals surface area contributed by atoms with Gasteiger partial charge in [0.25, 0.3) is 0 Å². The van der Waals surface area contributed by atoms with E-state index < -0.39 is 4.92 Å². The normalized spacial score (nSPS) is 11.0. The predicted molar refractivity (Wildman–Crippen MR) is 125 cm³/mol. The molecule has 0 fully saturated rings. The van der Waals surface area contributed by atoms with Gasteiger partial charge in [0.2, 0.25) is 5.82 Å². The average molecular weight is 477 g/mol. The predicted octanol–water partition coefficient (Wildman–Crippen LogP) is 5.93. The molecule has 1 N–H and O–H groups in total. The Labute approximate surface area is 186 Å². The first-order valence-electron chi connectivity index (χ1n) is 9.39. The largest absolute Gasteiger partial charge is 0.488 e. The average Bonchev–Trinajstić information content (AvgIpc) is 2.78. The summed E-state index contributed by atoms with van der Waals surface area (Å²) in [5.41, 5.74) is 4.24. The molecule has 4 aromatic rings. The van der Waals surface area contributed by atoms with E-state index in [-0.39, 0.29) is 11.5 Å². The van der Waals surface area contributed by atoms with Gasteiger partial charge in [-0.2, -0.15) is 5.10 Å². The summed E-state index contributed by atoms with van der Waals surface area (Å²) in [6, 6.07) is 22.8. The Morgan fingerprint density at radius 1 is 1.06 bits per heavy atom. The summed E-state index contributed by atoms with van der Waals surface area (Å²) < 4.78 is 6.89. The number of nitrogens with zero attached hydrogens (tertiary/aromatic N) is 3. The minimum Gasteiger partial charge on any atom is -0.488 e. The summed E-state index contributed by atoms with van der Waals surface area (Å²) >= 11 is 3.45. The fourth-order valence-corrected chi connectivity index (χ4v) is 3.41. The van der Waals surface area contributed by atoms with Gasteiger partial charge in [0.1, 0.15) is 12.4 Å². The minimum atomic E-state index is -0.512. The summed E-state index contributed by atoms with van der Waals surface area (Å²) in [5.74, 6) is 0.704. The topological polar surface area (TPSA) is 89.7 Å². The molecule has 31 heavy (non-hydrogen) atoms. The molecule has 0 aliphatic carbocycles. The molecule has 3 aromatic carbocycles. The van der Waals surface area contributed by atoms with Gasteiger partial charge in [-0.25, -0.2) is 4.98 Å². The van der Waals surface area contributed by atoms with Crippen molar-refractivity contribution in [2.45, 2.75) is 6.61 Å². The number of aromatic nitrogens is 1. The quantitative estimate of drug-likeness (QED) is 0.202. The summed E-state index contributed by atoms with van der Waals surface area (Å²) in [4.78, 5) is 14.6. The molecule has 0 bridgehead atoms. The van der Waals surface area contributed by atoms with Crippen molar-refractivity contribution in [3.05, 3.63) is 105 Å². The second-order valence-electron chi connectivity index (χ2n) is 6.65. The molecule has 1 heterocycles. The van der Waals surface area contributed by atoms with Crippen molar-refractivity contribution in [2.24, 2.45) is 5.10 Å². The molecule has 0 saturated carbocycles. The maximum absolute atomic E-state index is 11.1. The third-order valence-electron chi connectivity index (χ3n) is 4.54. The van der Waals surface area contributed by atoms with Gasteiger partial charge < -0.3 is 4.74 Å². The lowest BCUT2D eigenvalue weighted by Crippen LogP contribution is -2.01. The van der Waals surface area contributed by atoms with Gasteiger partial charge in [0.05, 0.1) is 11.1 Å². The molecule has 0 spiro atoms. The molecule has 0 amide bonds. The number of rotatable bonds is 7. The zero-order valence-electron chi connectivity index (χ0n) is 16.2. The molecule has 0 radical (unpaired) electrons. The van der Waals surface area contributed by atoms with Gasteiger partial charge in [0.15, 0.2) is 0 Å². The summed E-state index contributed by atoms with van der Waals surface area (Å²) in [6.45, 7) is 0.395. The van der Waals surface area contributed by atoms with Crippen molar-refractivity contribution in [3.8, 4) is 5.75 Å². The van der Waals surface area contributed by atoms with E-state index in [9.17, 15) is 10.1 Å². The Balaban J connectivity index is 1.50. The van der Waals surface area contributed by atoms with Crippen molar-refractivity contribution in [1.29, 1.82) is 0 Å². The van der Waals surface area contributed by atoms with Crippen LogP contribution in [0.5, 0.6) is 5.75 Å². The zero-order chi connectivity index (χ0) is 21.6. The van der Waals surface area contributed by atoms with E-state index in [1.807, 2.05) is 36.4 Å². The molecule has 1 aromatic heterocycles. The number of hydrogen-bond donors (Lipinski definition) is 1. The van der Waals surface area contributed by atoms with E-state index >= 15 is 0 Å². The van der Waals surface area contributed by atoms with Crippen LogP contribution in [0.15, 0.2) is 88.6 Å². The Bertz CT molecular complexity index is 1280. The molecule has 0 saturated heterocycles. The van der Waals surface area contributed by atoms with E-state index in [4.69, 9.17) is 4.74 Å². The first-order valence-corrected chi connectivity index (χ1v) is 10.2. The summed E-state index contributed by atoms with van der Waals surface area (Å²) in [6.07, 6.45) is 3.00. The molecule has 7 nitrogen and oxygen atoms in total. The maximum atomic E-state index is 11.1. The summed E-state index contributed by atoms with van der Waals surface area (Å²) in [7, 11) is 0. The first kappa shape index (κ1) is 20.5. The van der Waals surface area contributed by atoms with Crippen LogP contribution in [0.4, 0.5) is 11.5 Å². The second kappa shape index (κ2) is 9.36. The highest BCUT2D eigenvalue weighted by Crippen LogP contribution is 2.24. The Morgan fingerprint density at radius 3 is 2.74 bits per heavy atom. The molecular weight excluding hydrogens is 460 g/mol. The highest BCUT2D eigenvalue weighted by molar-refractivity contribution is 9.10. The van der Waals surface area contributed by atoms with Crippen LogP contribution in [0.2, 0.25) is 0 Å². The van der Waals surface area contributed by atoms with Gasteiger partial charge in [-0.15, -0.1) is 0 Å². The molecular formula is C23H17BrN4O3. The molecule has 154 valence electrons. The third kappa shape index (κ3) is 5.04. The third-order valence-corrected chi connectivity index (χ3v) is 5.03. The van der Waals surface area contributed by atoms with Gasteiger partial charge in [-0.1, -0.05) is 52.3 Å². The highest BCUT2D eigenvalue weighted by Gasteiger charge is 2.13. The number of fused-ring (bicyclic) bond motifs is 1. The van der Waals surface area contributed by atoms with E-state index in [0.717, 1.165) is 15.4 Å². The van der Waals surface area contributed by atoms with E-state index in [1.54, 1.807) is 6.21 Å². The number of hydrogen-bond acceptors (Lipinski definition) is 6. The first-order chi connectivity index (χ1) is 15.1. The SMILES string of the molecule is O=[N+]([O-])c1cccnc1N/N=C\c1cc(Br)ccc1OCc1ccc2ccccc2c1. The van der Waals surface area contributed by atoms with Gasteiger partial charge in [-0.05, 0) is 46.7 Å². The number of hydrazone groups is 1. The standard InChI is InChI=1S/C23H17BrN4O3/c24-20-9-10-22(31-15-16-7-8-17-4-1-2-5-18(17)12-16)19(13-20)14-26-27-23-21(28(29)30)6-3-11-25-23/h1-14H,15H2,(H,25,27)/b26-14-. The van der Waals surface area contributed by atoms with E-state index in [1.165, 1.54) is 23.7 Å². The number of halogens is 1. The smallest absolute Gasteiger partial charge is 0.313 e. The molecule has 0 aliphatic rings. The fourth-order valence-electron chi connectivity index (χ4n) is 3.03. The second-order valence-corrected chi connectivity index (χ2v) is 7.57. The van der Waals surface area contributed by atoms with Crippen LogP contribution < -0.4 is 10.2 Å². The van der Waals surface area contributed by atoms with Crippen molar-refractivity contribution in [3.63, 3.8) is 0 Å². The zero-order valence-corrected chi connectivity index (χ0v) is 17.8. The van der Waals surface area contributed by atoms with Crippen molar-refractivity contribution in [1.82, 2.24) is 4.98 Å². The lowest BCUT2D eigenvalue weighted by Gasteiger charge is -2.10. The lowest BCUT2D eigenvalue weighted by atomic mass is 10.1. The number of nitro groups is 1. The number of benzene rings is 3. The Hall–Kier alpha value is -3.78. The number of anilines is 1. The highest BCUT2D eigenvalue weighted by atomic mass is 79.9. The lowest BCUT2D eigenvalue weighted by molar-refractivity contribution is -0.384. The van der Waals surface area contributed by atoms with Crippen LogP contribution >= 0.6 is 15.9 Å². The van der Waals surface area contributed by atoms with Crippen LogP contribution in [-0.4, -0.2) is 16.1 Å². The van der Waals surface area contributed by atoms with Crippen LogP contribution in [0.25, 0.3) is 10.8 Å². The minimum absolute atomic E-state index is 0.0670. The van der Waals surface area contributed by atoms with Gasteiger partial charge in [-0.3, -0.25) is 15.5 Å². The molecule has 4 rings (SSSR count). The maximum Gasteiger partial charge on any atom is 0.313 e. The summed E-state index contributed by atoms with van der Waals surface area (Å²) in [5, 5.41) is 17.5. The van der Waals surface area contributed by atoms with E-state index in [0.29, 0.717) is 17.9 Å². The van der Waals surface area contributed by atoms with Crippen LogP contribution in [0.1, 0.15) is 11.1 Å². The Kier molecular flexibility index (Phi) is 6.18. The Morgan fingerprint density at radius 2 is 1.90 bits per heavy atom. The monoisotopic (exact) mass is 476 g/mol. The number of ether oxygens (including phenoxy) is 1. The van der Waals surface area contributed by atoms with Crippen molar-refractivity contribution >= 4 is 44.4 Å². The molecule has 8 heteroatoms. The number of pyridine rings is 1. The van der Waals surface area contributed by atoms with Gasteiger partial charge >= 0.3 is 5.69 Å². The van der Waals surface area contributed by atoms with Crippen LogP contribution in [-0.2, 0) is 6.61 Å². The fraction of sp³-hybridized carbons (Fsp3) is 0.0435. The molecule has 0 atom stereocenters. The van der Waals surface area contributed by atoms with Gasteiger partial charge in [0, 0.05) is 22.3 Å².